The molecule has 0 heterocycles. The van der Waals surface area contributed by atoms with Gasteiger partial charge in [0.2, 0.25) is 5.91 Å². The molecule has 0 saturated heterocycles. The summed E-state index contributed by atoms with van der Waals surface area (Å²) in [6.07, 6.45) is 0.889. The topological polar surface area (TPSA) is 73.6 Å². The molecule has 1 unspecified atom stereocenters. The standard InChI is InChI=1S/C11H24N2O3/c1-9(2)10(11(12)14)13-5-8-16-7-4-6-15-3/h9-10,13H,4-8H2,1-3H3,(H2,12,14). The predicted molar refractivity (Wildman–Crippen MR) is 63.1 cm³/mol. The van der Waals surface area contributed by atoms with Crippen LogP contribution < -0.4 is 11.1 Å². The number of primary amides is 1. The zero-order chi connectivity index (χ0) is 12.4. The van der Waals surface area contributed by atoms with E-state index in [4.69, 9.17) is 15.2 Å². The van der Waals surface area contributed by atoms with Crippen molar-refractivity contribution in [1.29, 1.82) is 0 Å². The van der Waals surface area contributed by atoms with Gasteiger partial charge in [-0.05, 0) is 12.3 Å². The average molecular weight is 232 g/mol. The van der Waals surface area contributed by atoms with Gasteiger partial charge in [0, 0.05) is 26.9 Å². The van der Waals surface area contributed by atoms with Crippen molar-refractivity contribution in [2.24, 2.45) is 11.7 Å². The summed E-state index contributed by atoms with van der Waals surface area (Å²) in [5.74, 6) is -0.111. The molecule has 1 amide bonds. The molecular formula is C11H24N2O3. The van der Waals surface area contributed by atoms with Crippen LogP contribution in [0.4, 0.5) is 0 Å². The fourth-order valence-corrected chi connectivity index (χ4v) is 1.36. The van der Waals surface area contributed by atoms with Crippen LogP contribution in [0.25, 0.3) is 0 Å². The van der Waals surface area contributed by atoms with Gasteiger partial charge in [-0.15, -0.1) is 0 Å². The lowest BCUT2D eigenvalue weighted by Crippen LogP contribution is -2.46. The van der Waals surface area contributed by atoms with Crippen molar-refractivity contribution in [2.75, 3.05) is 33.5 Å². The molecule has 16 heavy (non-hydrogen) atoms. The Balaban J connectivity index is 3.45. The Morgan fingerprint density at radius 2 is 2.00 bits per heavy atom. The molecule has 96 valence electrons. The maximum atomic E-state index is 11.0. The average Bonchev–Trinajstić information content (AvgIpc) is 2.21. The van der Waals surface area contributed by atoms with Crippen LogP contribution in [-0.4, -0.2) is 45.4 Å². The van der Waals surface area contributed by atoms with Crippen molar-refractivity contribution in [3.8, 4) is 0 Å². The van der Waals surface area contributed by atoms with Gasteiger partial charge < -0.3 is 20.5 Å². The molecule has 0 bridgehead atoms. The second-order valence-electron chi connectivity index (χ2n) is 4.04. The zero-order valence-electron chi connectivity index (χ0n) is 10.5. The first kappa shape index (κ1) is 15.3. The molecule has 0 spiro atoms. The minimum Gasteiger partial charge on any atom is -0.385 e. The molecule has 0 aromatic carbocycles. The van der Waals surface area contributed by atoms with Crippen molar-refractivity contribution in [2.45, 2.75) is 26.3 Å². The number of carbonyl (C=O) groups excluding carboxylic acids is 1. The maximum Gasteiger partial charge on any atom is 0.234 e. The van der Waals surface area contributed by atoms with Crippen LogP contribution in [0.3, 0.4) is 0 Å². The van der Waals surface area contributed by atoms with Crippen molar-refractivity contribution in [1.82, 2.24) is 5.32 Å². The summed E-state index contributed by atoms with van der Waals surface area (Å²) in [4.78, 5) is 11.0. The minimum atomic E-state index is -0.311. The molecule has 0 aliphatic rings. The third-order valence-electron chi connectivity index (χ3n) is 2.22. The third-order valence-corrected chi connectivity index (χ3v) is 2.22. The summed E-state index contributed by atoms with van der Waals surface area (Å²) in [7, 11) is 1.67. The lowest BCUT2D eigenvalue weighted by atomic mass is 10.0. The van der Waals surface area contributed by atoms with Crippen LogP contribution in [0.15, 0.2) is 0 Å². The summed E-state index contributed by atoms with van der Waals surface area (Å²) in [5.41, 5.74) is 5.26. The number of amides is 1. The molecular weight excluding hydrogens is 208 g/mol. The lowest BCUT2D eigenvalue weighted by Gasteiger charge is -2.18. The first-order chi connectivity index (χ1) is 7.59. The molecule has 0 aliphatic heterocycles. The second-order valence-corrected chi connectivity index (χ2v) is 4.04. The molecule has 0 aliphatic carbocycles. The summed E-state index contributed by atoms with van der Waals surface area (Å²) in [5, 5.41) is 3.08. The van der Waals surface area contributed by atoms with Crippen molar-refractivity contribution >= 4 is 5.91 Å². The van der Waals surface area contributed by atoms with Gasteiger partial charge in [0.15, 0.2) is 0 Å². The SMILES string of the molecule is COCCCOCCNC(C(N)=O)C(C)C. The Morgan fingerprint density at radius 1 is 1.31 bits per heavy atom. The van der Waals surface area contributed by atoms with Gasteiger partial charge in [-0.1, -0.05) is 13.8 Å². The number of hydrogen-bond donors (Lipinski definition) is 2. The van der Waals surface area contributed by atoms with E-state index in [0.717, 1.165) is 6.42 Å². The number of nitrogens with two attached hydrogens (primary N) is 1. The predicted octanol–water partition coefficient (Wildman–Crippen LogP) is 0.139. The van der Waals surface area contributed by atoms with Crippen LogP contribution >= 0.6 is 0 Å². The molecule has 1 atom stereocenters. The Kier molecular flexibility index (Phi) is 9.18. The third kappa shape index (κ3) is 7.62. The Morgan fingerprint density at radius 3 is 2.50 bits per heavy atom. The Bertz CT molecular complexity index is 186. The van der Waals surface area contributed by atoms with Gasteiger partial charge in [-0.3, -0.25) is 4.79 Å². The molecule has 0 fully saturated rings. The van der Waals surface area contributed by atoms with Crippen molar-refractivity contribution in [3.05, 3.63) is 0 Å². The number of rotatable bonds is 10. The van der Waals surface area contributed by atoms with Gasteiger partial charge in [0.25, 0.3) is 0 Å². The number of methoxy groups -OCH3 is 1. The van der Waals surface area contributed by atoms with Crippen LogP contribution in [0, 0.1) is 5.92 Å². The van der Waals surface area contributed by atoms with E-state index in [-0.39, 0.29) is 17.9 Å². The molecule has 5 nitrogen and oxygen atoms in total. The zero-order valence-corrected chi connectivity index (χ0v) is 10.5. The monoisotopic (exact) mass is 232 g/mol. The molecule has 0 rings (SSSR count). The quantitative estimate of drug-likeness (QED) is 0.525. The van der Waals surface area contributed by atoms with Crippen LogP contribution in [0.5, 0.6) is 0 Å². The van der Waals surface area contributed by atoms with E-state index in [9.17, 15) is 4.79 Å². The molecule has 3 N–H and O–H groups in total. The van der Waals surface area contributed by atoms with E-state index in [1.54, 1.807) is 7.11 Å². The Hall–Kier alpha value is -0.650. The first-order valence-electron chi connectivity index (χ1n) is 5.69. The molecule has 0 saturated carbocycles. The first-order valence-corrected chi connectivity index (χ1v) is 5.69. The van der Waals surface area contributed by atoms with E-state index in [1.165, 1.54) is 0 Å². The minimum absolute atomic E-state index is 0.200. The van der Waals surface area contributed by atoms with Crippen LogP contribution in [0.2, 0.25) is 0 Å². The highest BCUT2D eigenvalue weighted by molar-refractivity contribution is 5.80. The van der Waals surface area contributed by atoms with Crippen molar-refractivity contribution < 1.29 is 14.3 Å². The van der Waals surface area contributed by atoms with Crippen LogP contribution in [0.1, 0.15) is 20.3 Å². The van der Waals surface area contributed by atoms with Gasteiger partial charge in [0.1, 0.15) is 0 Å². The van der Waals surface area contributed by atoms with E-state index < -0.39 is 0 Å². The van der Waals surface area contributed by atoms with Gasteiger partial charge in [-0.25, -0.2) is 0 Å². The summed E-state index contributed by atoms with van der Waals surface area (Å²) in [6.45, 7) is 6.53. The highest BCUT2D eigenvalue weighted by atomic mass is 16.5. The van der Waals surface area contributed by atoms with Crippen molar-refractivity contribution in [3.63, 3.8) is 0 Å². The Labute approximate surface area is 97.7 Å². The van der Waals surface area contributed by atoms with E-state index in [1.807, 2.05) is 13.8 Å². The highest BCUT2D eigenvalue weighted by Gasteiger charge is 2.17. The fraction of sp³-hybridized carbons (Fsp3) is 0.909. The second kappa shape index (κ2) is 9.57. The van der Waals surface area contributed by atoms with Crippen LogP contribution in [-0.2, 0) is 14.3 Å². The normalized spacial score (nSPS) is 13.0. The number of carbonyl (C=O) groups is 1. The summed E-state index contributed by atoms with van der Waals surface area (Å²) >= 11 is 0. The maximum absolute atomic E-state index is 11.0. The molecule has 0 aromatic rings. The van der Waals surface area contributed by atoms with E-state index in [2.05, 4.69) is 5.32 Å². The van der Waals surface area contributed by atoms with E-state index in [0.29, 0.717) is 26.4 Å². The highest BCUT2D eigenvalue weighted by Crippen LogP contribution is 1.99. The fourth-order valence-electron chi connectivity index (χ4n) is 1.36. The summed E-state index contributed by atoms with van der Waals surface area (Å²) < 4.78 is 10.2. The smallest absolute Gasteiger partial charge is 0.234 e. The number of nitrogens with one attached hydrogen (secondary N) is 1. The van der Waals surface area contributed by atoms with E-state index >= 15 is 0 Å². The largest absolute Gasteiger partial charge is 0.385 e. The lowest BCUT2D eigenvalue weighted by molar-refractivity contribution is -0.121. The van der Waals surface area contributed by atoms with Gasteiger partial charge in [0.05, 0.1) is 12.6 Å². The number of hydrogen-bond acceptors (Lipinski definition) is 4. The van der Waals surface area contributed by atoms with Gasteiger partial charge in [-0.2, -0.15) is 0 Å². The molecule has 0 aromatic heterocycles. The number of ether oxygens (including phenoxy) is 2. The molecule has 0 radical (unpaired) electrons. The molecule has 5 heteroatoms. The van der Waals surface area contributed by atoms with Gasteiger partial charge >= 0.3 is 0 Å². The summed E-state index contributed by atoms with van der Waals surface area (Å²) in [6, 6.07) is -0.275.